The zero-order valence-corrected chi connectivity index (χ0v) is 9.16. The summed E-state index contributed by atoms with van der Waals surface area (Å²) in [5.41, 5.74) is 1.13. The van der Waals surface area contributed by atoms with Crippen molar-refractivity contribution >= 4 is 23.1 Å². The van der Waals surface area contributed by atoms with Gasteiger partial charge in [-0.05, 0) is 30.7 Å². The Kier molecular flexibility index (Phi) is 2.96. The molecular formula is C10H8ClFN4. The molecule has 2 aromatic rings. The number of benzene rings is 1. The van der Waals surface area contributed by atoms with Crippen LogP contribution in [0.1, 0.15) is 5.56 Å². The number of halogens is 2. The van der Waals surface area contributed by atoms with E-state index in [-0.39, 0.29) is 11.1 Å². The average Bonchev–Trinajstić information content (AvgIpc) is 2.25. The van der Waals surface area contributed by atoms with Gasteiger partial charge in [0.2, 0.25) is 5.28 Å². The summed E-state index contributed by atoms with van der Waals surface area (Å²) in [5.74, 6) is 0.145. The first kappa shape index (κ1) is 10.8. The quantitative estimate of drug-likeness (QED) is 0.874. The smallest absolute Gasteiger partial charge is 0.244 e. The maximum Gasteiger partial charge on any atom is 0.244 e. The van der Waals surface area contributed by atoms with Crippen LogP contribution in [-0.4, -0.2) is 15.2 Å². The van der Waals surface area contributed by atoms with Gasteiger partial charge in [0.15, 0.2) is 5.82 Å². The van der Waals surface area contributed by atoms with E-state index in [1.807, 2.05) is 0 Å². The predicted octanol–water partition coefficient (Wildman–Crippen LogP) is 2.72. The zero-order chi connectivity index (χ0) is 11.5. The van der Waals surface area contributed by atoms with Gasteiger partial charge in [-0.3, -0.25) is 0 Å². The molecule has 0 saturated heterocycles. The summed E-state index contributed by atoms with van der Waals surface area (Å²) in [4.78, 5) is 3.90. The van der Waals surface area contributed by atoms with Crippen molar-refractivity contribution in [2.45, 2.75) is 6.92 Å². The van der Waals surface area contributed by atoms with E-state index in [9.17, 15) is 4.39 Å². The molecule has 1 aromatic carbocycles. The van der Waals surface area contributed by atoms with Gasteiger partial charge in [0.25, 0.3) is 0 Å². The number of hydrogen-bond donors (Lipinski definition) is 1. The fraction of sp³-hybridized carbons (Fsp3) is 0.100. The third-order valence-corrected chi connectivity index (χ3v) is 2.22. The van der Waals surface area contributed by atoms with Gasteiger partial charge in [-0.2, -0.15) is 10.1 Å². The van der Waals surface area contributed by atoms with Crippen molar-refractivity contribution in [3.05, 3.63) is 41.1 Å². The highest BCUT2D eigenvalue weighted by Gasteiger charge is 2.04. The standard InChI is InChI=1S/C10H8ClFN4/c1-6-7(12)3-2-4-8(6)14-9-5-13-16-10(11)15-9/h2-5H,1H3,(H,14,15,16). The first-order chi connectivity index (χ1) is 7.66. The van der Waals surface area contributed by atoms with E-state index in [0.29, 0.717) is 17.1 Å². The van der Waals surface area contributed by atoms with Crippen molar-refractivity contribution < 1.29 is 4.39 Å². The van der Waals surface area contributed by atoms with Gasteiger partial charge in [-0.25, -0.2) is 4.39 Å². The normalized spacial score (nSPS) is 10.2. The van der Waals surface area contributed by atoms with Gasteiger partial charge in [0.05, 0.1) is 6.20 Å². The molecule has 1 N–H and O–H groups in total. The van der Waals surface area contributed by atoms with Crippen LogP contribution >= 0.6 is 11.6 Å². The summed E-state index contributed by atoms with van der Waals surface area (Å²) in [5, 5.41) is 10.1. The molecule has 4 nitrogen and oxygen atoms in total. The molecule has 82 valence electrons. The highest BCUT2D eigenvalue weighted by atomic mass is 35.5. The van der Waals surface area contributed by atoms with Crippen LogP contribution in [-0.2, 0) is 0 Å². The minimum absolute atomic E-state index is 0.0408. The lowest BCUT2D eigenvalue weighted by Crippen LogP contribution is -1.99. The lowest BCUT2D eigenvalue weighted by atomic mass is 10.2. The molecule has 0 saturated carbocycles. The Morgan fingerprint density at radius 3 is 2.94 bits per heavy atom. The number of hydrogen-bond acceptors (Lipinski definition) is 4. The molecule has 0 unspecified atom stereocenters. The molecule has 0 amide bonds. The minimum Gasteiger partial charge on any atom is -0.338 e. The summed E-state index contributed by atoms with van der Waals surface area (Å²) in [6.07, 6.45) is 1.41. The maximum atomic E-state index is 13.2. The van der Waals surface area contributed by atoms with Gasteiger partial charge < -0.3 is 5.32 Å². The molecular weight excluding hydrogens is 231 g/mol. The molecule has 0 atom stereocenters. The minimum atomic E-state index is -0.280. The Labute approximate surface area is 96.5 Å². The Morgan fingerprint density at radius 1 is 1.38 bits per heavy atom. The van der Waals surface area contributed by atoms with Gasteiger partial charge in [0.1, 0.15) is 5.82 Å². The monoisotopic (exact) mass is 238 g/mol. The molecule has 0 spiro atoms. The van der Waals surface area contributed by atoms with Crippen molar-refractivity contribution in [3.63, 3.8) is 0 Å². The van der Waals surface area contributed by atoms with Crippen LogP contribution in [0, 0.1) is 12.7 Å². The molecule has 0 fully saturated rings. The van der Waals surface area contributed by atoms with E-state index < -0.39 is 0 Å². The van der Waals surface area contributed by atoms with Gasteiger partial charge >= 0.3 is 0 Å². The van der Waals surface area contributed by atoms with E-state index in [0.717, 1.165) is 0 Å². The molecule has 1 heterocycles. The fourth-order valence-corrected chi connectivity index (χ4v) is 1.36. The largest absolute Gasteiger partial charge is 0.338 e. The number of aromatic nitrogens is 3. The molecule has 0 aliphatic heterocycles. The number of nitrogens with zero attached hydrogens (tertiary/aromatic N) is 3. The third-order valence-electron chi connectivity index (χ3n) is 2.06. The van der Waals surface area contributed by atoms with Gasteiger partial charge in [0, 0.05) is 11.3 Å². The summed E-state index contributed by atoms with van der Waals surface area (Å²) in [7, 11) is 0. The third kappa shape index (κ3) is 2.25. The fourth-order valence-electron chi connectivity index (χ4n) is 1.22. The van der Waals surface area contributed by atoms with Crippen LogP contribution in [0.25, 0.3) is 0 Å². The molecule has 16 heavy (non-hydrogen) atoms. The lowest BCUT2D eigenvalue weighted by molar-refractivity contribution is 0.619. The number of anilines is 2. The van der Waals surface area contributed by atoms with Crippen LogP contribution < -0.4 is 5.32 Å². The topological polar surface area (TPSA) is 50.7 Å². The molecule has 1 aromatic heterocycles. The van der Waals surface area contributed by atoms with Crippen LogP contribution in [0.2, 0.25) is 5.28 Å². The molecule has 0 bridgehead atoms. The van der Waals surface area contributed by atoms with E-state index >= 15 is 0 Å². The lowest BCUT2D eigenvalue weighted by Gasteiger charge is -2.08. The van der Waals surface area contributed by atoms with E-state index in [2.05, 4.69) is 20.5 Å². The van der Waals surface area contributed by atoms with Gasteiger partial charge in [-0.15, -0.1) is 5.10 Å². The van der Waals surface area contributed by atoms with Crippen LogP contribution in [0.5, 0.6) is 0 Å². The average molecular weight is 239 g/mol. The van der Waals surface area contributed by atoms with Gasteiger partial charge in [-0.1, -0.05) is 6.07 Å². The van der Waals surface area contributed by atoms with Crippen molar-refractivity contribution in [3.8, 4) is 0 Å². The predicted molar refractivity (Wildman–Crippen MR) is 59.3 cm³/mol. The molecule has 0 radical (unpaired) electrons. The summed E-state index contributed by atoms with van der Waals surface area (Å²) in [6, 6.07) is 4.75. The zero-order valence-electron chi connectivity index (χ0n) is 8.41. The summed E-state index contributed by atoms with van der Waals surface area (Å²) < 4.78 is 13.2. The second-order valence-corrected chi connectivity index (χ2v) is 3.49. The number of nitrogens with one attached hydrogen (secondary N) is 1. The highest BCUT2D eigenvalue weighted by molar-refractivity contribution is 6.28. The molecule has 6 heteroatoms. The SMILES string of the molecule is Cc1c(F)cccc1Nc1cnnc(Cl)n1. The van der Waals surface area contributed by atoms with Crippen molar-refractivity contribution in [1.82, 2.24) is 15.2 Å². The Bertz CT molecular complexity index is 518. The Balaban J connectivity index is 2.31. The number of rotatable bonds is 2. The Hall–Kier alpha value is -1.75. The van der Waals surface area contributed by atoms with Crippen molar-refractivity contribution in [2.75, 3.05) is 5.32 Å². The summed E-state index contributed by atoms with van der Waals surface area (Å²) in [6.45, 7) is 1.67. The van der Waals surface area contributed by atoms with E-state index in [1.165, 1.54) is 12.3 Å². The van der Waals surface area contributed by atoms with Crippen LogP contribution in [0.3, 0.4) is 0 Å². The highest BCUT2D eigenvalue weighted by Crippen LogP contribution is 2.20. The van der Waals surface area contributed by atoms with E-state index in [1.54, 1.807) is 19.1 Å². The van der Waals surface area contributed by atoms with Crippen LogP contribution in [0.4, 0.5) is 15.9 Å². The summed E-state index contributed by atoms with van der Waals surface area (Å²) >= 11 is 5.58. The van der Waals surface area contributed by atoms with Crippen molar-refractivity contribution in [1.29, 1.82) is 0 Å². The van der Waals surface area contributed by atoms with Crippen LogP contribution in [0.15, 0.2) is 24.4 Å². The maximum absolute atomic E-state index is 13.2. The van der Waals surface area contributed by atoms with E-state index in [4.69, 9.17) is 11.6 Å². The first-order valence-corrected chi connectivity index (χ1v) is 4.92. The molecule has 2 rings (SSSR count). The second kappa shape index (κ2) is 4.40. The molecule has 0 aliphatic carbocycles. The van der Waals surface area contributed by atoms with Crippen molar-refractivity contribution in [2.24, 2.45) is 0 Å². The Morgan fingerprint density at radius 2 is 2.19 bits per heavy atom. The second-order valence-electron chi connectivity index (χ2n) is 3.15. The first-order valence-electron chi connectivity index (χ1n) is 4.54. The molecule has 0 aliphatic rings.